The van der Waals surface area contributed by atoms with Crippen molar-refractivity contribution in [2.24, 2.45) is 5.10 Å². The molecule has 8 nitrogen and oxygen atoms in total. The first-order chi connectivity index (χ1) is 14.3. The number of nitrogens with one attached hydrogen (secondary N) is 2. The molecule has 0 atom stereocenters. The van der Waals surface area contributed by atoms with Crippen molar-refractivity contribution >= 4 is 34.0 Å². The first-order valence-electron chi connectivity index (χ1n) is 9.12. The van der Waals surface area contributed by atoms with E-state index in [1.165, 1.54) is 26.5 Å². The fourth-order valence-corrected chi connectivity index (χ4v) is 2.81. The standard InChI is InChI=1S/C21H24BrN3O5/c1-13(2)30-17-8-6-16(22)9-15(17)11-24-25-20(26)12-23-21(27)14-5-7-18(28-3)19(10-14)29-4/h5-11,13H,12H2,1-4H3,(H,23,27)(H,25,26)/b24-11-. The molecule has 160 valence electrons. The molecule has 0 spiro atoms. The van der Waals surface area contributed by atoms with Gasteiger partial charge in [-0.05, 0) is 50.2 Å². The van der Waals surface area contributed by atoms with E-state index in [0.717, 1.165) is 4.47 Å². The Morgan fingerprint density at radius 2 is 1.77 bits per heavy atom. The molecule has 2 aromatic rings. The fourth-order valence-electron chi connectivity index (χ4n) is 2.43. The van der Waals surface area contributed by atoms with Crippen molar-refractivity contribution in [2.75, 3.05) is 20.8 Å². The largest absolute Gasteiger partial charge is 0.493 e. The summed E-state index contributed by atoms with van der Waals surface area (Å²) in [6.07, 6.45) is 1.48. The SMILES string of the molecule is COc1ccc(C(=O)NCC(=O)N/N=C\c2cc(Br)ccc2OC(C)C)cc1OC. The molecule has 2 N–H and O–H groups in total. The Kier molecular flexibility index (Phi) is 8.67. The Morgan fingerprint density at radius 3 is 2.43 bits per heavy atom. The average Bonchev–Trinajstić information content (AvgIpc) is 2.73. The predicted octanol–water partition coefficient (Wildman–Crippen LogP) is 3.13. The number of methoxy groups -OCH3 is 2. The molecule has 0 unspecified atom stereocenters. The van der Waals surface area contributed by atoms with Crippen LogP contribution in [0.4, 0.5) is 0 Å². The summed E-state index contributed by atoms with van der Waals surface area (Å²) in [5.74, 6) is 0.686. The van der Waals surface area contributed by atoms with Crippen LogP contribution in [0.5, 0.6) is 17.2 Å². The van der Waals surface area contributed by atoms with Gasteiger partial charge in [0.15, 0.2) is 11.5 Å². The molecule has 0 radical (unpaired) electrons. The van der Waals surface area contributed by atoms with E-state index in [1.54, 1.807) is 12.1 Å². The van der Waals surface area contributed by atoms with Gasteiger partial charge < -0.3 is 19.5 Å². The van der Waals surface area contributed by atoms with Crippen LogP contribution < -0.4 is 25.0 Å². The van der Waals surface area contributed by atoms with Crippen LogP contribution in [0.1, 0.15) is 29.8 Å². The van der Waals surface area contributed by atoms with Crippen molar-refractivity contribution in [3.63, 3.8) is 0 Å². The van der Waals surface area contributed by atoms with Crippen molar-refractivity contribution in [3.8, 4) is 17.2 Å². The zero-order valence-corrected chi connectivity index (χ0v) is 18.8. The van der Waals surface area contributed by atoms with Gasteiger partial charge >= 0.3 is 0 Å². The second kappa shape index (κ2) is 11.2. The van der Waals surface area contributed by atoms with Gasteiger partial charge in [0.25, 0.3) is 11.8 Å². The van der Waals surface area contributed by atoms with Crippen molar-refractivity contribution in [1.82, 2.24) is 10.7 Å². The predicted molar refractivity (Wildman–Crippen MR) is 118 cm³/mol. The van der Waals surface area contributed by atoms with E-state index in [4.69, 9.17) is 14.2 Å². The van der Waals surface area contributed by atoms with Gasteiger partial charge in [-0.15, -0.1) is 0 Å². The second-order valence-corrected chi connectivity index (χ2v) is 7.31. The number of nitrogens with zero attached hydrogens (tertiary/aromatic N) is 1. The lowest BCUT2D eigenvalue weighted by Gasteiger charge is -2.12. The minimum absolute atomic E-state index is 0.000271. The number of hydrogen-bond acceptors (Lipinski definition) is 6. The van der Waals surface area contributed by atoms with Gasteiger partial charge in [0.1, 0.15) is 5.75 Å². The number of halogens is 1. The molecule has 2 amide bonds. The highest BCUT2D eigenvalue weighted by molar-refractivity contribution is 9.10. The highest BCUT2D eigenvalue weighted by Gasteiger charge is 2.12. The van der Waals surface area contributed by atoms with Crippen LogP contribution >= 0.6 is 15.9 Å². The minimum atomic E-state index is -0.471. The Labute approximate surface area is 183 Å². The molecule has 2 rings (SSSR count). The Bertz CT molecular complexity index is 931. The molecule has 0 heterocycles. The third-order valence-corrected chi connectivity index (χ3v) is 4.28. The lowest BCUT2D eigenvalue weighted by molar-refractivity contribution is -0.120. The van der Waals surface area contributed by atoms with Crippen molar-refractivity contribution in [1.29, 1.82) is 0 Å². The van der Waals surface area contributed by atoms with Crippen LogP contribution in [-0.2, 0) is 4.79 Å². The highest BCUT2D eigenvalue weighted by atomic mass is 79.9. The molecular formula is C21H24BrN3O5. The van der Waals surface area contributed by atoms with Crippen LogP contribution in [0, 0.1) is 0 Å². The smallest absolute Gasteiger partial charge is 0.259 e. The molecule has 2 aromatic carbocycles. The molecule has 0 aliphatic heterocycles. The van der Waals surface area contributed by atoms with E-state index in [-0.39, 0.29) is 12.6 Å². The minimum Gasteiger partial charge on any atom is -0.493 e. The van der Waals surface area contributed by atoms with Gasteiger partial charge in [0, 0.05) is 15.6 Å². The third kappa shape index (κ3) is 6.77. The van der Waals surface area contributed by atoms with Crippen LogP contribution in [-0.4, -0.2) is 44.9 Å². The second-order valence-electron chi connectivity index (χ2n) is 6.39. The fraction of sp³-hybridized carbons (Fsp3) is 0.286. The van der Waals surface area contributed by atoms with E-state index >= 15 is 0 Å². The van der Waals surface area contributed by atoms with E-state index in [9.17, 15) is 9.59 Å². The number of rotatable bonds is 9. The quantitative estimate of drug-likeness (QED) is 0.427. The summed E-state index contributed by atoms with van der Waals surface area (Å²) in [5, 5.41) is 6.47. The van der Waals surface area contributed by atoms with Gasteiger partial charge in [-0.25, -0.2) is 5.43 Å². The van der Waals surface area contributed by atoms with Crippen molar-refractivity contribution < 1.29 is 23.8 Å². The molecule has 30 heavy (non-hydrogen) atoms. The average molecular weight is 478 g/mol. The number of hydrazone groups is 1. The van der Waals surface area contributed by atoms with E-state index in [0.29, 0.717) is 28.4 Å². The molecule has 9 heteroatoms. The first kappa shape index (κ1) is 23.2. The summed E-state index contributed by atoms with van der Waals surface area (Å²) >= 11 is 3.40. The maximum atomic E-state index is 12.2. The monoisotopic (exact) mass is 477 g/mol. The lowest BCUT2D eigenvalue weighted by atomic mass is 10.2. The van der Waals surface area contributed by atoms with Crippen LogP contribution in [0.25, 0.3) is 0 Å². The Hall–Kier alpha value is -3.07. The maximum absolute atomic E-state index is 12.2. The summed E-state index contributed by atoms with van der Waals surface area (Å²) in [5.41, 5.74) is 3.42. The first-order valence-corrected chi connectivity index (χ1v) is 9.91. The van der Waals surface area contributed by atoms with Crippen LogP contribution in [0.15, 0.2) is 46.0 Å². The van der Waals surface area contributed by atoms with Gasteiger partial charge in [0.05, 0.1) is 33.1 Å². The number of benzene rings is 2. The summed E-state index contributed by atoms with van der Waals surface area (Å²) in [6, 6.07) is 10.2. The summed E-state index contributed by atoms with van der Waals surface area (Å²) in [7, 11) is 2.99. The zero-order valence-electron chi connectivity index (χ0n) is 17.2. The zero-order chi connectivity index (χ0) is 22.1. The molecule has 0 bridgehead atoms. The Morgan fingerprint density at radius 1 is 1.07 bits per heavy atom. The number of amides is 2. The van der Waals surface area contributed by atoms with Gasteiger partial charge in [-0.3, -0.25) is 9.59 Å². The molecule has 0 saturated carbocycles. The van der Waals surface area contributed by atoms with E-state index in [2.05, 4.69) is 31.8 Å². The summed E-state index contributed by atoms with van der Waals surface area (Å²) in [4.78, 5) is 24.2. The molecule has 0 fully saturated rings. The van der Waals surface area contributed by atoms with Gasteiger partial charge in [-0.2, -0.15) is 5.10 Å². The lowest BCUT2D eigenvalue weighted by Crippen LogP contribution is -2.34. The molecule has 0 aliphatic rings. The molecule has 0 aromatic heterocycles. The van der Waals surface area contributed by atoms with Gasteiger partial charge in [0.2, 0.25) is 0 Å². The topological polar surface area (TPSA) is 98.2 Å². The maximum Gasteiger partial charge on any atom is 0.259 e. The summed E-state index contributed by atoms with van der Waals surface area (Å²) in [6.45, 7) is 3.61. The Balaban J connectivity index is 1.92. The number of ether oxygens (including phenoxy) is 3. The number of carbonyl (C=O) groups is 2. The van der Waals surface area contributed by atoms with Crippen molar-refractivity contribution in [2.45, 2.75) is 20.0 Å². The molecule has 0 saturated heterocycles. The highest BCUT2D eigenvalue weighted by Crippen LogP contribution is 2.27. The summed E-state index contributed by atoms with van der Waals surface area (Å²) < 4.78 is 16.9. The third-order valence-electron chi connectivity index (χ3n) is 3.78. The molecule has 0 aliphatic carbocycles. The number of carbonyl (C=O) groups excluding carboxylic acids is 2. The number of hydrogen-bond donors (Lipinski definition) is 2. The van der Waals surface area contributed by atoms with Crippen molar-refractivity contribution in [3.05, 3.63) is 52.0 Å². The normalized spacial score (nSPS) is 10.7. The van der Waals surface area contributed by atoms with Gasteiger partial charge in [-0.1, -0.05) is 15.9 Å². The van der Waals surface area contributed by atoms with Crippen LogP contribution in [0.2, 0.25) is 0 Å². The van der Waals surface area contributed by atoms with E-state index < -0.39 is 11.8 Å². The van der Waals surface area contributed by atoms with Crippen LogP contribution in [0.3, 0.4) is 0 Å². The molecular weight excluding hydrogens is 454 g/mol. The van der Waals surface area contributed by atoms with E-state index in [1.807, 2.05) is 32.0 Å².